The molecule has 5 aliphatic rings. The SMILES string of the molecule is CC(C)C1=CC2=C(C1)C1=C(C3=C(C1)C1=C(C=C(C(C)C)C1(C)C)C3)C2(C)C. The van der Waals surface area contributed by atoms with Gasteiger partial charge < -0.3 is 0 Å². The number of rotatable bonds is 2. The van der Waals surface area contributed by atoms with Gasteiger partial charge in [0.1, 0.15) is 0 Å². The van der Waals surface area contributed by atoms with Crippen LogP contribution in [0.4, 0.5) is 0 Å². The molecule has 142 valence electrons. The van der Waals surface area contributed by atoms with Crippen LogP contribution in [0.2, 0.25) is 0 Å². The van der Waals surface area contributed by atoms with Crippen LogP contribution in [0.1, 0.15) is 74.7 Å². The summed E-state index contributed by atoms with van der Waals surface area (Å²) < 4.78 is 0. The molecular weight excluding hydrogens is 324 g/mol. The van der Waals surface area contributed by atoms with E-state index in [0.717, 1.165) is 0 Å². The van der Waals surface area contributed by atoms with Crippen molar-refractivity contribution in [2.24, 2.45) is 22.7 Å². The predicted octanol–water partition coefficient (Wildman–Crippen LogP) is 7.63. The molecule has 0 amide bonds. The Hall–Kier alpha value is -1.56. The molecule has 0 aromatic rings. The zero-order valence-corrected chi connectivity index (χ0v) is 18.4. The highest BCUT2D eigenvalue weighted by Crippen LogP contribution is 2.66. The molecule has 0 atom stereocenters. The molecular formula is C27H34. The van der Waals surface area contributed by atoms with Crippen LogP contribution in [0.5, 0.6) is 0 Å². The zero-order chi connectivity index (χ0) is 19.5. The topological polar surface area (TPSA) is 0 Å². The maximum atomic E-state index is 2.55. The molecule has 0 fully saturated rings. The second kappa shape index (κ2) is 5.07. The first-order valence-electron chi connectivity index (χ1n) is 10.9. The zero-order valence-electron chi connectivity index (χ0n) is 18.4. The monoisotopic (exact) mass is 358 g/mol. The Morgan fingerprint density at radius 2 is 1.33 bits per heavy atom. The maximum absolute atomic E-state index is 2.55. The van der Waals surface area contributed by atoms with Gasteiger partial charge in [-0.15, -0.1) is 0 Å². The number of fused-ring (bicyclic) bond motifs is 3. The summed E-state index contributed by atoms with van der Waals surface area (Å²) in [6, 6.07) is 0. The second-order valence-corrected chi connectivity index (χ2v) is 11.0. The third kappa shape index (κ3) is 2.00. The molecule has 0 radical (unpaired) electrons. The molecule has 0 unspecified atom stereocenters. The van der Waals surface area contributed by atoms with Gasteiger partial charge in [0.2, 0.25) is 0 Å². The van der Waals surface area contributed by atoms with Crippen molar-refractivity contribution in [2.45, 2.75) is 74.7 Å². The van der Waals surface area contributed by atoms with Gasteiger partial charge in [-0.2, -0.15) is 0 Å². The van der Waals surface area contributed by atoms with E-state index in [1.807, 2.05) is 0 Å². The van der Waals surface area contributed by atoms with Crippen molar-refractivity contribution in [2.75, 3.05) is 0 Å². The van der Waals surface area contributed by atoms with Crippen molar-refractivity contribution >= 4 is 0 Å². The molecule has 27 heavy (non-hydrogen) atoms. The van der Waals surface area contributed by atoms with Crippen molar-refractivity contribution in [1.29, 1.82) is 0 Å². The van der Waals surface area contributed by atoms with E-state index in [1.165, 1.54) is 19.3 Å². The Bertz CT molecular complexity index is 971. The summed E-state index contributed by atoms with van der Waals surface area (Å²) in [5.41, 5.74) is 17.1. The van der Waals surface area contributed by atoms with Crippen LogP contribution in [-0.2, 0) is 0 Å². The summed E-state index contributed by atoms with van der Waals surface area (Å²) in [6.07, 6.45) is 8.66. The number of hydrogen-bond acceptors (Lipinski definition) is 0. The van der Waals surface area contributed by atoms with Gasteiger partial charge in [0.25, 0.3) is 0 Å². The molecule has 0 aromatic carbocycles. The second-order valence-electron chi connectivity index (χ2n) is 11.0. The van der Waals surface area contributed by atoms with Gasteiger partial charge in [0, 0.05) is 10.8 Å². The molecule has 0 heteroatoms. The van der Waals surface area contributed by atoms with Crippen molar-refractivity contribution in [3.8, 4) is 0 Å². The molecule has 0 heterocycles. The predicted molar refractivity (Wildman–Crippen MR) is 115 cm³/mol. The number of hydrogen-bond donors (Lipinski definition) is 0. The van der Waals surface area contributed by atoms with Crippen LogP contribution < -0.4 is 0 Å². The van der Waals surface area contributed by atoms with Crippen molar-refractivity contribution in [1.82, 2.24) is 0 Å². The average Bonchev–Trinajstić information content (AvgIpc) is 3.26. The summed E-state index contributed by atoms with van der Waals surface area (Å²) in [5, 5.41) is 0. The van der Waals surface area contributed by atoms with Crippen molar-refractivity contribution in [3.63, 3.8) is 0 Å². The molecule has 5 rings (SSSR count). The third-order valence-electron chi connectivity index (χ3n) is 8.05. The molecule has 0 N–H and O–H groups in total. The fourth-order valence-corrected chi connectivity index (χ4v) is 6.88. The molecule has 5 aliphatic carbocycles. The highest BCUT2D eigenvalue weighted by Gasteiger charge is 2.51. The Kier molecular flexibility index (Phi) is 3.30. The minimum atomic E-state index is 0.187. The lowest BCUT2D eigenvalue weighted by Crippen LogP contribution is -2.19. The molecule has 0 nitrogen and oxygen atoms in total. The molecule has 0 saturated carbocycles. The smallest absolute Gasteiger partial charge is 0.0155 e. The van der Waals surface area contributed by atoms with Gasteiger partial charge in [-0.25, -0.2) is 0 Å². The maximum Gasteiger partial charge on any atom is 0.0155 e. The lowest BCUT2D eigenvalue weighted by Gasteiger charge is -2.31. The highest BCUT2D eigenvalue weighted by molar-refractivity contribution is 5.77. The first-order chi connectivity index (χ1) is 12.5. The minimum Gasteiger partial charge on any atom is -0.0629 e. The molecule has 0 saturated heterocycles. The summed E-state index contributed by atoms with van der Waals surface area (Å²) in [7, 11) is 0. The van der Waals surface area contributed by atoms with E-state index in [4.69, 9.17) is 0 Å². The van der Waals surface area contributed by atoms with Crippen LogP contribution in [-0.4, -0.2) is 0 Å². The van der Waals surface area contributed by atoms with Crippen LogP contribution in [0.25, 0.3) is 0 Å². The Balaban J connectivity index is 1.52. The van der Waals surface area contributed by atoms with E-state index in [1.54, 1.807) is 55.7 Å². The Labute approximate surface area is 165 Å². The van der Waals surface area contributed by atoms with Crippen molar-refractivity contribution < 1.29 is 0 Å². The summed E-state index contributed by atoms with van der Waals surface area (Å²) >= 11 is 0. The molecule has 0 aromatic heterocycles. The van der Waals surface area contributed by atoms with E-state index in [0.29, 0.717) is 11.8 Å². The van der Waals surface area contributed by atoms with Crippen LogP contribution in [0.3, 0.4) is 0 Å². The summed E-state index contributed by atoms with van der Waals surface area (Å²) in [5.74, 6) is 1.30. The Morgan fingerprint density at radius 1 is 0.667 bits per heavy atom. The molecule has 0 spiro atoms. The molecule has 0 aliphatic heterocycles. The van der Waals surface area contributed by atoms with Crippen LogP contribution >= 0.6 is 0 Å². The van der Waals surface area contributed by atoms with Gasteiger partial charge in [0.05, 0.1) is 0 Å². The summed E-state index contributed by atoms with van der Waals surface area (Å²) in [6.45, 7) is 19.3. The quantitative estimate of drug-likeness (QED) is 0.476. The van der Waals surface area contributed by atoms with Gasteiger partial charge in [-0.05, 0) is 75.7 Å². The van der Waals surface area contributed by atoms with Crippen LogP contribution in [0, 0.1) is 22.7 Å². The van der Waals surface area contributed by atoms with E-state index < -0.39 is 0 Å². The van der Waals surface area contributed by atoms with Gasteiger partial charge in [-0.1, -0.05) is 78.7 Å². The van der Waals surface area contributed by atoms with E-state index in [-0.39, 0.29) is 10.8 Å². The van der Waals surface area contributed by atoms with Gasteiger partial charge in [0.15, 0.2) is 0 Å². The fourth-order valence-electron chi connectivity index (χ4n) is 6.88. The summed E-state index contributed by atoms with van der Waals surface area (Å²) in [4.78, 5) is 0. The normalized spacial score (nSPS) is 27.2. The molecule has 0 bridgehead atoms. The van der Waals surface area contributed by atoms with Crippen LogP contribution in [0.15, 0.2) is 67.9 Å². The first kappa shape index (κ1) is 17.5. The van der Waals surface area contributed by atoms with E-state index in [9.17, 15) is 0 Å². The first-order valence-corrected chi connectivity index (χ1v) is 10.9. The number of allylic oxidation sites excluding steroid dienone is 12. The van der Waals surface area contributed by atoms with Gasteiger partial charge >= 0.3 is 0 Å². The third-order valence-corrected chi connectivity index (χ3v) is 8.05. The largest absolute Gasteiger partial charge is 0.0629 e. The minimum absolute atomic E-state index is 0.187. The fraction of sp³-hybridized carbons (Fsp3) is 0.556. The van der Waals surface area contributed by atoms with E-state index >= 15 is 0 Å². The van der Waals surface area contributed by atoms with Gasteiger partial charge in [-0.3, -0.25) is 0 Å². The lowest BCUT2D eigenvalue weighted by molar-refractivity contribution is 0.491. The standard InChI is InChI=1S/C27H34/c1-14(2)16-9-18-20-13-21-19(25(20)27(7,8)23(18)11-16)10-17-12-22(15(3)4)26(5,6)24(17)21/h11-12,14-15H,9-10,13H2,1-8H3. The van der Waals surface area contributed by atoms with E-state index in [2.05, 4.69) is 67.5 Å². The average molecular weight is 359 g/mol. The van der Waals surface area contributed by atoms with Crippen molar-refractivity contribution in [3.05, 3.63) is 67.9 Å². The Morgan fingerprint density at radius 3 is 1.96 bits per heavy atom. The highest BCUT2D eigenvalue weighted by atomic mass is 14.5. The lowest BCUT2D eigenvalue weighted by atomic mass is 9.73.